The highest BCUT2D eigenvalue weighted by molar-refractivity contribution is 14.0. The van der Waals surface area contributed by atoms with Crippen LogP contribution in [0, 0.1) is 13.8 Å². The van der Waals surface area contributed by atoms with E-state index in [1.54, 1.807) is 0 Å². The number of halogens is 1. The molecule has 0 saturated carbocycles. The van der Waals surface area contributed by atoms with E-state index >= 15 is 0 Å². The van der Waals surface area contributed by atoms with E-state index in [0.29, 0.717) is 0 Å². The molecule has 7 heteroatoms. The van der Waals surface area contributed by atoms with E-state index in [1.165, 1.54) is 22.4 Å². The Morgan fingerprint density at radius 2 is 1.86 bits per heavy atom. The van der Waals surface area contributed by atoms with Gasteiger partial charge in [0.25, 0.3) is 0 Å². The molecule has 29 heavy (non-hydrogen) atoms. The van der Waals surface area contributed by atoms with Crippen LogP contribution in [0.15, 0.2) is 29.3 Å². The Bertz CT molecular complexity index is 855. The summed E-state index contributed by atoms with van der Waals surface area (Å²) in [6.07, 6.45) is 1.12. The molecule has 1 aromatic carbocycles. The molecule has 0 bridgehead atoms. The standard InChI is InChI=1S/C22H34N6.HI/c1-16-20(17(2)27(6)26-16)13-24-21(23-5)25-15-22(3,4)28-12-11-18-9-7-8-10-19(18)14-28;/h7-10H,11-15H2,1-6H3,(H2,23,24,25);1H. The number of aromatic nitrogens is 2. The third-order valence-electron chi connectivity index (χ3n) is 5.99. The summed E-state index contributed by atoms with van der Waals surface area (Å²) in [5.41, 5.74) is 6.46. The van der Waals surface area contributed by atoms with E-state index in [4.69, 9.17) is 0 Å². The summed E-state index contributed by atoms with van der Waals surface area (Å²) in [5, 5.41) is 11.4. The third-order valence-corrected chi connectivity index (χ3v) is 5.99. The number of benzene rings is 1. The van der Waals surface area contributed by atoms with E-state index in [9.17, 15) is 0 Å². The van der Waals surface area contributed by atoms with E-state index in [1.807, 2.05) is 18.8 Å². The Kier molecular flexibility index (Phi) is 8.10. The minimum absolute atomic E-state index is 0. The number of aliphatic imine (C=N–C) groups is 1. The van der Waals surface area contributed by atoms with Crippen molar-refractivity contribution in [2.45, 2.75) is 52.7 Å². The quantitative estimate of drug-likeness (QED) is 0.369. The molecule has 0 unspecified atom stereocenters. The van der Waals surface area contributed by atoms with Crippen LogP contribution in [0.1, 0.15) is 41.9 Å². The van der Waals surface area contributed by atoms with Crippen molar-refractivity contribution in [3.05, 3.63) is 52.3 Å². The van der Waals surface area contributed by atoms with Crippen LogP contribution in [0.3, 0.4) is 0 Å². The van der Waals surface area contributed by atoms with E-state index in [0.717, 1.165) is 44.3 Å². The first-order valence-electron chi connectivity index (χ1n) is 10.1. The molecule has 0 fully saturated rings. The average Bonchev–Trinajstić information content (AvgIpc) is 2.93. The van der Waals surface area contributed by atoms with Crippen LogP contribution in [-0.4, -0.2) is 46.3 Å². The van der Waals surface area contributed by atoms with Crippen LogP contribution in [0.4, 0.5) is 0 Å². The topological polar surface area (TPSA) is 57.5 Å². The van der Waals surface area contributed by atoms with E-state index in [-0.39, 0.29) is 29.5 Å². The smallest absolute Gasteiger partial charge is 0.191 e. The minimum Gasteiger partial charge on any atom is -0.355 e. The maximum absolute atomic E-state index is 4.49. The SMILES string of the molecule is CN=C(NCc1c(C)nn(C)c1C)NCC(C)(C)N1CCc2ccccc2C1.I. The number of guanidine groups is 1. The van der Waals surface area contributed by atoms with Gasteiger partial charge in [-0.2, -0.15) is 5.10 Å². The van der Waals surface area contributed by atoms with Crippen LogP contribution < -0.4 is 10.6 Å². The van der Waals surface area contributed by atoms with Gasteiger partial charge < -0.3 is 10.6 Å². The van der Waals surface area contributed by atoms with Gasteiger partial charge in [-0.3, -0.25) is 14.6 Å². The zero-order chi connectivity index (χ0) is 20.3. The highest BCUT2D eigenvalue weighted by Gasteiger charge is 2.29. The van der Waals surface area contributed by atoms with Crippen molar-refractivity contribution in [1.82, 2.24) is 25.3 Å². The Labute approximate surface area is 192 Å². The summed E-state index contributed by atoms with van der Waals surface area (Å²) in [5.74, 6) is 0.827. The Balaban J connectivity index is 0.00000300. The summed E-state index contributed by atoms with van der Waals surface area (Å²) < 4.78 is 1.93. The van der Waals surface area contributed by atoms with Crippen LogP contribution in [0.5, 0.6) is 0 Å². The zero-order valence-corrected chi connectivity index (χ0v) is 20.9. The number of hydrogen-bond donors (Lipinski definition) is 2. The zero-order valence-electron chi connectivity index (χ0n) is 18.5. The molecular weight excluding hydrogens is 475 g/mol. The molecule has 1 aliphatic rings. The largest absolute Gasteiger partial charge is 0.355 e. The number of nitrogens with one attached hydrogen (secondary N) is 2. The lowest BCUT2D eigenvalue weighted by Gasteiger charge is -2.42. The summed E-state index contributed by atoms with van der Waals surface area (Å²) >= 11 is 0. The highest BCUT2D eigenvalue weighted by atomic mass is 127. The lowest BCUT2D eigenvalue weighted by molar-refractivity contribution is 0.107. The van der Waals surface area contributed by atoms with E-state index in [2.05, 4.69) is 77.6 Å². The lowest BCUT2D eigenvalue weighted by atomic mass is 9.94. The number of hydrogen-bond acceptors (Lipinski definition) is 3. The molecule has 0 aliphatic carbocycles. The van der Waals surface area contributed by atoms with Crippen molar-refractivity contribution in [2.75, 3.05) is 20.1 Å². The van der Waals surface area contributed by atoms with Gasteiger partial charge >= 0.3 is 0 Å². The minimum atomic E-state index is 0. The average molecular weight is 510 g/mol. The Hall–Kier alpha value is -1.61. The predicted molar refractivity (Wildman–Crippen MR) is 131 cm³/mol. The fraction of sp³-hybridized carbons (Fsp3) is 0.545. The third kappa shape index (κ3) is 5.51. The fourth-order valence-electron chi connectivity index (χ4n) is 3.89. The summed E-state index contributed by atoms with van der Waals surface area (Å²) in [7, 11) is 3.81. The Morgan fingerprint density at radius 3 is 2.48 bits per heavy atom. The number of rotatable bonds is 5. The second-order valence-corrected chi connectivity index (χ2v) is 8.31. The van der Waals surface area contributed by atoms with Crippen LogP contribution >= 0.6 is 24.0 Å². The lowest BCUT2D eigenvalue weighted by Crippen LogP contribution is -2.54. The van der Waals surface area contributed by atoms with Gasteiger partial charge in [-0.15, -0.1) is 24.0 Å². The summed E-state index contributed by atoms with van der Waals surface area (Å²) in [6.45, 7) is 12.4. The van der Waals surface area contributed by atoms with Crippen molar-refractivity contribution in [3.8, 4) is 0 Å². The van der Waals surface area contributed by atoms with Crippen molar-refractivity contribution in [3.63, 3.8) is 0 Å². The molecule has 1 aromatic heterocycles. The second kappa shape index (κ2) is 9.93. The number of fused-ring (bicyclic) bond motifs is 1. The summed E-state index contributed by atoms with van der Waals surface area (Å²) in [4.78, 5) is 6.96. The molecule has 160 valence electrons. The van der Waals surface area contributed by atoms with Crippen molar-refractivity contribution in [1.29, 1.82) is 0 Å². The van der Waals surface area contributed by atoms with Crippen molar-refractivity contribution < 1.29 is 0 Å². The molecular formula is C22H35IN6. The van der Waals surface area contributed by atoms with Crippen molar-refractivity contribution >= 4 is 29.9 Å². The maximum Gasteiger partial charge on any atom is 0.191 e. The van der Waals surface area contributed by atoms with Gasteiger partial charge in [-0.05, 0) is 45.2 Å². The molecule has 0 atom stereocenters. The number of nitrogens with zero attached hydrogens (tertiary/aromatic N) is 4. The van der Waals surface area contributed by atoms with Gasteiger partial charge in [0.2, 0.25) is 0 Å². The molecule has 2 aromatic rings. The molecule has 0 radical (unpaired) electrons. The number of aryl methyl sites for hydroxylation is 2. The molecule has 6 nitrogen and oxygen atoms in total. The fourth-order valence-corrected chi connectivity index (χ4v) is 3.89. The molecule has 3 rings (SSSR count). The monoisotopic (exact) mass is 510 g/mol. The van der Waals surface area contributed by atoms with Crippen LogP contribution in [0.2, 0.25) is 0 Å². The van der Waals surface area contributed by atoms with Gasteiger partial charge in [0.05, 0.1) is 5.69 Å². The molecule has 0 spiro atoms. The second-order valence-electron chi connectivity index (χ2n) is 8.31. The van der Waals surface area contributed by atoms with Crippen LogP contribution in [0.25, 0.3) is 0 Å². The van der Waals surface area contributed by atoms with Crippen molar-refractivity contribution in [2.24, 2.45) is 12.0 Å². The van der Waals surface area contributed by atoms with Gasteiger partial charge in [0.15, 0.2) is 5.96 Å². The molecule has 1 aliphatic heterocycles. The van der Waals surface area contributed by atoms with Gasteiger partial charge in [-0.25, -0.2) is 0 Å². The molecule has 0 saturated heterocycles. The van der Waals surface area contributed by atoms with Gasteiger partial charge in [0.1, 0.15) is 0 Å². The molecule has 2 N–H and O–H groups in total. The van der Waals surface area contributed by atoms with Gasteiger partial charge in [0, 0.05) is 57.1 Å². The first-order valence-corrected chi connectivity index (χ1v) is 10.1. The first-order chi connectivity index (χ1) is 13.3. The summed E-state index contributed by atoms with van der Waals surface area (Å²) in [6, 6.07) is 8.79. The normalized spacial score (nSPS) is 14.9. The Morgan fingerprint density at radius 1 is 1.17 bits per heavy atom. The van der Waals surface area contributed by atoms with Crippen LogP contribution in [-0.2, 0) is 26.6 Å². The van der Waals surface area contributed by atoms with E-state index < -0.39 is 0 Å². The highest BCUT2D eigenvalue weighted by Crippen LogP contribution is 2.24. The van der Waals surface area contributed by atoms with Gasteiger partial charge in [-0.1, -0.05) is 24.3 Å². The molecule has 0 amide bonds. The predicted octanol–water partition coefficient (Wildman–Crippen LogP) is 3.16. The first kappa shape index (κ1) is 23.7. The molecule has 2 heterocycles. The maximum atomic E-state index is 4.49.